The largest absolute Gasteiger partial charge is 1.00 e. The average molecular weight is 577 g/mol. The highest BCUT2D eigenvalue weighted by Gasteiger charge is 2.07. The van der Waals surface area contributed by atoms with Gasteiger partial charge in [0.25, 0.3) is 0 Å². The van der Waals surface area contributed by atoms with E-state index in [1.165, 1.54) is 16.8 Å². The molecule has 0 spiro atoms. The van der Waals surface area contributed by atoms with Crippen LogP contribution in [-0.2, 0) is 4.74 Å². The van der Waals surface area contributed by atoms with E-state index in [0.717, 1.165) is 28.6 Å². The van der Waals surface area contributed by atoms with Crippen LogP contribution in [-0.4, -0.2) is 39.5 Å². The smallest absolute Gasteiger partial charge is 0.762 e. The number of hydrogen-bond donors (Lipinski definition) is 0. The van der Waals surface area contributed by atoms with Crippen molar-refractivity contribution >= 4 is 20.8 Å². The Balaban J connectivity index is -0.000000598. The summed E-state index contributed by atoms with van der Waals surface area (Å²) in [5.74, 6) is 3.82. The number of hydrogen-bond acceptors (Lipinski definition) is 1. The first-order chi connectivity index (χ1) is 17.7. The van der Waals surface area contributed by atoms with Crippen molar-refractivity contribution in [2.24, 2.45) is 0 Å². The molecule has 3 rings (SSSR count). The molecular weight excluding hydrogens is 544 g/mol. The Morgan fingerprint density at radius 1 is 0.675 bits per heavy atom. The Morgan fingerprint density at radius 2 is 1.05 bits per heavy atom. The average Bonchev–Trinajstić information content (AvgIpc) is 2.75. The minimum Gasteiger partial charge on any atom is -1.00 e. The Bertz CT molecular complexity index is 1050. The van der Waals surface area contributed by atoms with Gasteiger partial charge in [-0.25, -0.2) is 8.99 Å². The van der Waals surface area contributed by atoms with E-state index in [0.29, 0.717) is 0 Å². The molecule has 0 radical (unpaired) electrons. The summed E-state index contributed by atoms with van der Waals surface area (Å²) in [7, 11) is -3.24. The second-order valence-corrected chi connectivity index (χ2v) is 8.17. The third kappa shape index (κ3) is 22.4. The first kappa shape index (κ1) is 40.9. The lowest BCUT2D eigenvalue weighted by Crippen LogP contribution is -3.00. The van der Waals surface area contributed by atoms with E-state index < -0.39 is 15.1 Å². The van der Waals surface area contributed by atoms with Gasteiger partial charge in [-0.1, -0.05) is 24.3 Å². The van der Waals surface area contributed by atoms with Crippen molar-refractivity contribution < 1.29 is 49.0 Å². The van der Waals surface area contributed by atoms with Gasteiger partial charge in [-0.15, -0.1) is 0 Å². The van der Waals surface area contributed by atoms with Gasteiger partial charge in [-0.3, -0.25) is 25.9 Å². The normalized spacial score (nSPS) is 12.8. The first-order valence-corrected chi connectivity index (χ1v) is 11.5. The highest BCUT2D eigenvalue weighted by atomic mass is 19.4. The topological polar surface area (TPSA) is 23.5 Å². The van der Waals surface area contributed by atoms with Crippen molar-refractivity contribution in [3.05, 3.63) is 113 Å². The van der Waals surface area contributed by atoms with Crippen LogP contribution in [0.15, 0.2) is 100.0 Å². The summed E-state index contributed by atoms with van der Waals surface area (Å²) in [4.78, 5) is 0. The summed E-state index contributed by atoms with van der Waals surface area (Å²) in [6.07, 6.45) is 20.8. The fraction of sp³-hybridized carbons (Fsp3) is 0.259. The zero-order valence-electron chi connectivity index (χ0n) is 23.4. The quantitative estimate of drug-likeness (QED) is 0.234. The fourth-order valence-corrected chi connectivity index (χ4v) is 3.13. The lowest BCUT2D eigenvalue weighted by molar-refractivity contribution is -0.462. The fourth-order valence-electron chi connectivity index (χ4n) is 3.13. The van der Waals surface area contributed by atoms with Crippen LogP contribution in [0.3, 0.4) is 0 Å². The highest BCUT2D eigenvalue weighted by Crippen LogP contribution is 2.18. The van der Waals surface area contributed by atoms with Gasteiger partial charge in [0.1, 0.15) is 25.6 Å². The molecule has 3 nitrogen and oxygen atoms in total. The lowest BCUT2D eigenvalue weighted by atomic mass is 10.1. The van der Waals surface area contributed by atoms with Crippen molar-refractivity contribution in [1.82, 2.24) is 0 Å². The molecule has 13 heteroatoms. The summed E-state index contributed by atoms with van der Waals surface area (Å²) in [6.45, 7) is 9.91. The van der Waals surface area contributed by atoms with E-state index in [1.54, 1.807) is 0 Å². The van der Waals surface area contributed by atoms with Gasteiger partial charge in [0.05, 0.1) is 13.8 Å². The minimum atomic E-state index is -3.67. The summed E-state index contributed by atoms with van der Waals surface area (Å²) < 4.78 is 70.8. The molecule has 0 unspecified atom stereocenters. The number of nitrogens with zero attached hydrogens (tertiary/aromatic N) is 1. The molecule has 1 aromatic rings. The van der Waals surface area contributed by atoms with Crippen LogP contribution in [0.4, 0.5) is 25.9 Å². The summed E-state index contributed by atoms with van der Waals surface area (Å²) in [5, 5.41) is 0. The number of aryl methyl sites for hydroxylation is 3. The second-order valence-electron chi connectivity index (χ2n) is 8.17. The molecule has 1 aliphatic heterocycles. The zero-order chi connectivity index (χ0) is 29.3. The second kappa shape index (κ2) is 22.2. The van der Waals surface area contributed by atoms with Crippen molar-refractivity contribution in [2.45, 2.75) is 34.6 Å². The van der Waals surface area contributed by atoms with E-state index >= 15 is 0 Å². The molecule has 0 saturated heterocycles. The van der Waals surface area contributed by atoms with Gasteiger partial charge in [0.15, 0.2) is 5.71 Å². The molecule has 0 fully saturated rings. The maximum atomic E-state index is 9.67. The molecule has 0 bridgehead atoms. The number of rotatable bonds is 2. The molecule has 40 heavy (non-hydrogen) atoms. The van der Waals surface area contributed by atoms with Crippen molar-refractivity contribution in [3.8, 4) is 0 Å². The third-order valence-corrected chi connectivity index (χ3v) is 4.34. The Morgan fingerprint density at radius 3 is 1.40 bits per heavy atom. The predicted molar refractivity (Wildman–Crippen MR) is 145 cm³/mol. The molecule has 1 aliphatic carbocycles. The van der Waals surface area contributed by atoms with E-state index in [4.69, 9.17) is 9.15 Å². The van der Waals surface area contributed by atoms with Crippen LogP contribution in [0, 0.1) is 20.8 Å². The van der Waals surface area contributed by atoms with Crippen molar-refractivity contribution in [2.75, 3.05) is 14.1 Å². The van der Waals surface area contributed by atoms with E-state index in [-0.39, 0.29) is 9.41 Å². The van der Waals surface area contributed by atoms with Gasteiger partial charge in [0, 0.05) is 24.3 Å². The van der Waals surface area contributed by atoms with E-state index in [9.17, 15) is 25.9 Å². The van der Waals surface area contributed by atoms with Crippen LogP contribution in [0.25, 0.3) is 0 Å². The molecule has 0 N–H and O–H groups in total. The van der Waals surface area contributed by atoms with Gasteiger partial charge in [-0.05, 0) is 61.8 Å². The molecule has 2 aliphatic rings. The minimum absolute atomic E-state index is 0. The maximum absolute atomic E-state index is 9.67. The van der Waals surface area contributed by atoms with Crippen LogP contribution in [0.2, 0.25) is 0 Å². The van der Waals surface area contributed by atoms with Crippen molar-refractivity contribution in [3.63, 3.8) is 0 Å². The highest BCUT2D eigenvalue weighted by molar-refractivity contribution is 6.33. The molecule has 0 saturated carbocycles. The molecule has 0 amide bonds. The molecular formula is C27H33B2F8NO2. The predicted octanol–water partition coefficient (Wildman–Crippen LogP) is 2.33. The van der Waals surface area contributed by atoms with Crippen molar-refractivity contribution in [1.29, 1.82) is 0 Å². The SMILES string of the molecule is CC1=CC(=CC=CC=C2C=CC(=[N+](C)C)C=C2)C=C(C)O1.Cc1cc(C)[o+]c(C)c1.FB(F)F.FB(F)F.[F-].[F-]. The first-order valence-electron chi connectivity index (χ1n) is 11.5. The van der Waals surface area contributed by atoms with E-state index in [1.807, 2.05) is 72.2 Å². The summed E-state index contributed by atoms with van der Waals surface area (Å²) in [5.41, 5.74) is 4.82. The van der Waals surface area contributed by atoms with E-state index in [2.05, 4.69) is 54.0 Å². The number of halogens is 8. The van der Waals surface area contributed by atoms with Gasteiger partial charge < -0.3 is 14.1 Å². The van der Waals surface area contributed by atoms with Crippen LogP contribution < -0.4 is 9.41 Å². The number of allylic oxidation sites excluding steroid dienone is 14. The van der Waals surface area contributed by atoms with Crippen LogP contribution >= 0.6 is 0 Å². The Labute approximate surface area is 231 Å². The maximum Gasteiger partial charge on any atom is 0.762 e. The lowest BCUT2D eigenvalue weighted by Gasteiger charge is -2.11. The Hall–Kier alpha value is -3.63. The third-order valence-electron chi connectivity index (χ3n) is 4.34. The van der Waals surface area contributed by atoms with Gasteiger partial charge in [0.2, 0.25) is 0 Å². The Kier molecular flexibility index (Phi) is 22.7. The summed E-state index contributed by atoms with van der Waals surface area (Å²) >= 11 is 0. The molecule has 2 heterocycles. The van der Waals surface area contributed by atoms with Gasteiger partial charge in [-0.2, -0.15) is 0 Å². The zero-order valence-corrected chi connectivity index (χ0v) is 23.4. The summed E-state index contributed by atoms with van der Waals surface area (Å²) in [6, 6.07) is 4.04. The standard InChI is InChI=1S/C19H22NO.C8H11O.2BF3.2FH/c1-15-13-18(14-16(2)21-15)8-6-5-7-17-9-11-19(12-10-17)20(3)4;1-6-4-7(2)9-8(3)5-6;2*2-1(3)4;;/h5-14H,1-4H3;4-5H,1-3H3;;;2*1H/q2*+1;;;;/p-2. The molecule has 0 atom stereocenters. The van der Waals surface area contributed by atoms with Crippen LogP contribution in [0.5, 0.6) is 0 Å². The van der Waals surface area contributed by atoms with Crippen LogP contribution in [0.1, 0.15) is 30.9 Å². The molecule has 220 valence electrons. The monoisotopic (exact) mass is 577 g/mol. The molecule has 1 aromatic heterocycles. The molecule has 0 aromatic carbocycles. The van der Waals surface area contributed by atoms with Gasteiger partial charge >= 0.3 is 26.6 Å². The number of ether oxygens (including phenoxy) is 1.